The van der Waals surface area contributed by atoms with Crippen molar-refractivity contribution in [2.45, 2.75) is 13.0 Å². The molecular weight excluding hydrogens is 417 g/mol. The molecule has 1 aliphatic heterocycles. The van der Waals surface area contributed by atoms with Gasteiger partial charge in [0, 0.05) is 12.1 Å². The van der Waals surface area contributed by atoms with Crippen molar-refractivity contribution in [3.05, 3.63) is 57.8 Å². The Balaban J connectivity index is 1.80. The van der Waals surface area contributed by atoms with Crippen LogP contribution in [0.25, 0.3) is 0 Å². The molecule has 144 valence electrons. The van der Waals surface area contributed by atoms with E-state index in [4.69, 9.17) is 14.2 Å². The number of hydrogen-bond acceptors (Lipinski definition) is 4. The fourth-order valence-electron chi connectivity index (χ4n) is 3.02. The lowest BCUT2D eigenvalue weighted by atomic mass is 10.1. The summed E-state index contributed by atoms with van der Waals surface area (Å²) in [5, 5.41) is 0. The first-order valence-electron chi connectivity index (χ1n) is 8.70. The van der Waals surface area contributed by atoms with Gasteiger partial charge in [0.1, 0.15) is 11.9 Å². The van der Waals surface area contributed by atoms with Gasteiger partial charge in [-0.05, 0) is 52.7 Å². The van der Waals surface area contributed by atoms with E-state index in [1.807, 2.05) is 6.92 Å². The van der Waals surface area contributed by atoms with Crippen molar-refractivity contribution in [1.29, 1.82) is 0 Å². The third kappa shape index (κ3) is 4.42. The number of methoxy groups -OCH3 is 1. The molecule has 5 nitrogen and oxygen atoms in total. The molecule has 2 aromatic carbocycles. The van der Waals surface area contributed by atoms with Crippen LogP contribution in [0, 0.1) is 5.82 Å². The second kappa shape index (κ2) is 8.71. The maximum atomic E-state index is 13.1. The molecule has 0 saturated carbocycles. The Morgan fingerprint density at radius 1 is 1.33 bits per heavy atom. The van der Waals surface area contributed by atoms with Crippen LogP contribution in [0.3, 0.4) is 0 Å². The van der Waals surface area contributed by atoms with Crippen molar-refractivity contribution in [3.8, 4) is 11.5 Å². The van der Waals surface area contributed by atoms with Gasteiger partial charge >= 0.3 is 0 Å². The van der Waals surface area contributed by atoms with Crippen LogP contribution in [0.1, 0.15) is 28.9 Å². The number of amides is 1. The monoisotopic (exact) mass is 437 g/mol. The summed E-state index contributed by atoms with van der Waals surface area (Å²) in [4.78, 5) is 14.7. The Labute approximate surface area is 166 Å². The summed E-state index contributed by atoms with van der Waals surface area (Å²) >= 11 is 3.45. The van der Waals surface area contributed by atoms with Crippen LogP contribution in [0.2, 0.25) is 0 Å². The first-order valence-corrected chi connectivity index (χ1v) is 9.49. The largest absolute Gasteiger partial charge is 0.493 e. The number of ether oxygens (including phenoxy) is 3. The minimum atomic E-state index is -0.297. The molecule has 0 spiro atoms. The summed E-state index contributed by atoms with van der Waals surface area (Å²) in [6, 6.07) is 9.58. The number of morpholine rings is 1. The summed E-state index contributed by atoms with van der Waals surface area (Å²) in [7, 11) is 1.54. The summed E-state index contributed by atoms with van der Waals surface area (Å²) in [5.41, 5.74) is 1.35. The van der Waals surface area contributed by atoms with Gasteiger partial charge in [-0.3, -0.25) is 4.79 Å². The number of carbonyl (C=O) groups is 1. The van der Waals surface area contributed by atoms with E-state index in [0.717, 1.165) is 5.56 Å². The summed E-state index contributed by atoms with van der Waals surface area (Å²) in [6.07, 6.45) is -0.281. The molecule has 0 aliphatic carbocycles. The Kier molecular flexibility index (Phi) is 6.34. The van der Waals surface area contributed by atoms with Crippen molar-refractivity contribution in [2.24, 2.45) is 0 Å². The fraction of sp³-hybridized carbons (Fsp3) is 0.350. The maximum absolute atomic E-state index is 13.1. The minimum Gasteiger partial charge on any atom is -0.493 e. The lowest BCUT2D eigenvalue weighted by Crippen LogP contribution is -2.42. The molecule has 1 heterocycles. The minimum absolute atomic E-state index is 0.118. The van der Waals surface area contributed by atoms with Crippen molar-refractivity contribution in [2.75, 3.05) is 33.4 Å². The Bertz CT molecular complexity index is 812. The average Bonchev–Trinajstić information content (AvgIpc) is 2.69. The Hall–Kier alpha value is -2.12. The predicted molar refractivity (Wildman–Crippen MR) is 103 cm³/mol. The smallest absolute Gasteiger partial charge is 0.254 e. The molecule has 0 bridgehead atoms. The fourth-order valence-corrected chi connectivity index (χ4v) is 3.58. The van der Waals surface area contributed by atoms with E-state index in [9.17, 15) is 9.18 Å². The number of rotatable bonds is 5. The van der Waals surface area contributed by atoms with Gasteiger partial charge in [0.25, 0.3) is 5.91 Å². The van der Waals surface area contributed by atoms with E-state index in [2.05, 4.69) is 15.9 Å². The highest BCUT2D eigenvalue weighted by Gasteiger charge is 2.27. The van der Waals surface area contributed by atoms with Gasteiger partial charge in [-0.15, -0.1) is 0 Å². The van der Waals surface area contributed by atoms with E-state index >= 15 is 0 Å². The van der Waals surface area contributed by atoms with Gasteiger partial charge in [0.2, 0.25) is 0 Å². The molecule has 1 aliphatic rings. The average molecular weight is 438 g/mol. The number of halogens is 2. The van der Waals surface area contributed by atoms with E-state index in [1.165, 1.54) is 19.2 Å². The molecule has 0 aromatic heterocycles. The van der Waals surface area contributed by atoms with E-state index in [1.54, 1.807) is 29.2 Å². The first-order chi connectivity index (χ1) is 13.0. The van der Waals surface area contributed by atoms with Crippen molar-refractivity contribution in [3.63, 3.8) is 0 Å². The SMILES string of the molecule is CCOc1c(Br)cc(C(=O)N2CCOC(c3ccc(F)cc3)C2)cc1OC. The predicted octanol–water partition coefficient (Wildman–Crippen LogP) is 4.21. The molecule has 1 fully saturated rings. The molecule has 1 saturated heterocycles. The van der Waals surface area contributed by atoms with Gasteiger partial charge in [0.05, 0.1) is 31.3 Å². The standard InChI is InChI=1S/C20H21BrFNO4/c1-3-26-19-16(21)10-14(11-17(19)25-2)20(24)23-8-9-27-18(12-23)13-4-6-15(22)7-5-13/h4-7,10-11,18H,3,8-9,12H2,1-2H3. The third-order valence-corrected chi connectivity index (χ3v) is 4.95. The first kappa shape index (κ1) is 19.6. The number of carbonyl (C=O) groups excluding carboxylic acids is 1. The van der Waals surface area contributed by atoms with Crippen LogP contribution in [0.15, 0.2) is 40.9 Å². The molecule has 27 heavy (non-hydrogen) atoms. The molecule has 1 atom stereocenters. The topological polar surface area (TPSA) is 48.0 Å². The van der Waals surface area contributed by atoms with Crippen LogP contribution in [-0.2, 0) is 4.74 Å². The van der Waals surface area contributed by atoms with Gasteiger partial charge in [0.15, 0.2) is 11.5 Å². The Morgan fingerprint density at radius 2 is 2.07 bits per heavy atom. The van der Waals surface area contributed by atoms with Crippen molar-refractivity contribution >= 4 is 21.8 Å². The maximum Gasteiger partial charge on any atom is 0.254 e. The highest BCUT2D eigenvalue weighted by atomic mass is 79.9. The molecular formula is C20H21BrFNO4. The van der Waals surface area contributed by atoms with Crippen LogP contribution in [-0.4, -0.2) is 44.2 Å². The summed E-state index contributed by atoms with van der Waals surface area (Å²) in [5.74, 6) is 0.655. The number of benzene rings is 2. The molecule has 0 N–H and O–H groups in total. The number of hydrogen-bond donors (Lipinski definition) is 0. The zero-order valence-corrected chi connectivity index (χ0v) is 16.8. The molecule has 3 rings (SSSR count). The second-order valence-corrected chi connectivity index (χ2v) is 6.94. The zero-order valence-electron chi connectivity index (χ0n) is 15.2. The van der Waals surface area contributed by atoms with E-state index < -0.39 is 0 Å². The van der Waals surface area contributed by atoms with E-state index in [0.29, 0.717) is 47.8 Å². The van der Waals surface area contributed by atoms with Crippen molar-refractivity contribution < 1.29 is 23.4 Å². The van der Waals surface area contributed by atoms with Gasteiger partial charge in [-0.1, -0.05) is 12.1 Å². The third-order valence-electron chi connectivity index (χ3n) is 4.36. The van der Waals surface area contributed by atoms with Crippen molar-refractivity contribution in [1.82, 2.24) is 4.90 Å². The van der Waals surface area contributed by atoms with E-state index in [-0.39, 0.29) is 17.8 Å². The summed E-state index contributed by atoms with van der Waals surface area (Å²) in [6.45, 7) is 3.68. The zero-order chi connectivity index (χ0) is 19.4. The molecule has 1 amide bonds. The molecule has 1 unspecified atom stereocenters. The quantitative estimate of drug-likeness (QED) is 0.702. The van der Waals surface area contributed by atoms with Crippen LogP contribution < -0.4 is 9.47 Å². The molecule has 7 heteroatoms. The normalized spacial score (nSPS) is 16.9. The van der Waals surface area contributed by atoms with Crippen LogP contribution in [0.4, 0.5) is 4.39 Å². The van der Waals surface area contributed by atoms with Gasteiger partial charge in [-0.25, -0.2) is 4.39 Å². The van der Waals surface area contributed by atoms with Gasteiger partial charge < -0.3 is 19.1 Å². The number of nitrogens with zero attached hydrogens (tertiary/aromatic N) is 1. The van der Waals surface area contributed by atoms with Crippen LogP contribution >= 0.6 is 15.9 Å². The highest BCUT2D eigenvalue weighted by Crippen LogP contribution is 2.37. The molecule has 0 radical (unpaired) electrons. The molecule has 2 aromatic rings. The Morgan fingerprint density at radius 3 is 2.74 bits per heavy atom. The van der Waals surface area contributed by atoms with Crippen LogP contribution in [0.5, 0.6) is 11.5 Å². The second-order valence-electron chi connectivity index (χ2n) is 6.08. The highest BCUT2D eigenvalue weighted by molar-refractivity contribution is 9.10. The summed E-state index contributed by atoms with van der Waals surface area (Å²) < 4.78 is 30.5. The lowest BCUT2D eigenvalue weighted by molar-refractivity contribution is -0.0228. The van der Waals surface area contributed by atoms with Gasteiger partial charge in [-0.2, -0.15) is 0 Å². The lowest BCUT2D eigenvalue weighted by Gasteiger charge is -2.33.